The van der Waals surface area contributed by atoms with E-state index in [1.54, 1.807) is 5.69 Å². The molecule has 11 rings (SSSR count). The number of benzene rings is 6. The van der Waals surface area contributed by atoms with Crippen LogP contribution in [0.1, 0.15) is 112 Å². The fraction of sp³-hybridized carbons (Fsp3) is 0.217. The number of para-hydroxylation sites is 3. The van der Waals surface area contributed by atoms with Crippen LogP contribution in [0.2, 0.25) is 0 Å². The summed E-state index contributed by atoms with van der Waals surface area (Å²) in [5.41, 5.74) is 11.4. The van der Waals surface area contributed by atoms with Gasteiger partial charge in [-0.2, -0.15) is 9.59 Å². The number of nitrogens with zero attached hydrogens (tertiary/aromatic N) is 2. The van der Waals surface area contributed by atoms with Crippen molar-refractivity contribution in [1.29, 1.82) is 0 Å². The summed E-state index contributed by atoms with van der Waals surface area (Å²) in [6, 6.07) is 56.2. The van der Waals surface area contributed by atoms with E-state index in [-0.39, 0.29) is 24.1 Å². The average molecular weight is 1300 g/mol. The van der Waals surface area contributed by atoms with Crippen LogP contribution in [-0.2, 0) is 35.4 Å². The number of nitrogens with one attached hydrogen (secondary N) is 1. The number of hydrogen-bond acceptors (Lipinski definition) is 6. The number of esters is 2. The molecule has 0 saturated heterocycles. The van der Waals surface area contributed by atoms with Crippen LogP contribution in [0.15, 0.2) is 173 Å². The number of carbonyl (C=O) groups excluding carboxylic acids is 4. The van der Waals surface area contributed by atoms with E-state index in [1.807, 2.05) is 84.9 Å². The molecule has 2 saturated carbocycles. The predicted octanol–water partition coefficient (Wildman–Crippen LogP) is 17.2. The Morgan fingerprint density at radius 1 is 0.635 bits per heavy atom. The SMILES string of the molecule is CC(Br)c1ccccc1.COC(=O)c1c(Br)[nH]c2ccccc12.COC(=O)c1c(Br)n(C(C)c2ccccc2)c2ccccc12.Cc1c(C2CC2)n(C(C)c2ccccc2)c2ccccc12.O=C=O.[CH+]1[CH-]C1.[Zn+][Br]. The van der Waals surface area contributed by atoms with E-state index in [4.69, 9.17) is 19.1 Å². The molecular formula is C60H58Br4N3O6Zn+. The molecule has 0 radical (unpaired) electrons. The van der Waals surface area contributed by atoms with E-state index in [9.17, 15) is 9.59 Å². The van der Waals surface area contributed by atoms with Gasteiger partial charge in [0, 0.05) is 37.7 Å². The number of aryl methyl sites for hydroxylation is 1. The van der Waals surface area contributed by atoms with Crippen molar-refractivity contribution in [3.05, 3.63) is 225 Å². The molecule has 2 aliphatic rings. The number of fused-ring (bicyclic) bond motifs is 3. The number of rotatable bonds is 8. The van der Waals surface area contributed by atoms with Gasteiger partial charge in [0.2, 0.25) is 0 Å². The summed E-state index contributed by atoms with van der Waals surface area (Å²) < 4.78 is 15.7. The monoisotopic (exact) mass is 1300 g/mol. The zero-order chi connectivity index (χ0) is 53.7. The Balaban J connectivity index is 0.000000180. The Morgan fingerprint density at radius 2 is 1.03 bits per heavy atom. The van der Waals surface area contributed by atoms with Crippen molar-refractivity contribution >= 4 is 112 Å². The number of halogens is 4. The summed E-state index contributed by atoms with van der Waals surface area (Å²) >= 11 is 14.6. The van der Waals surface area contributed by atoms with Gasteiger partial charge >= 0.3 is 48.1 Å². The molecule has 0 bridgehead atoms. The van der Waals surface area contributed by atoms with Gasteiger partial charge in [-0.05, 0) is 125 Å². The van der Waals surface area contributed by atoms with Crippen molar-refractivity contribution in [1.82, 2.24) is 14.1 Å². The third kappa shape index (κ3) is 15.6. The van der Waals surface area contributed by atoms with Crippen molar-refractivity contribution in [2.24, 2.45) is 0 Å². The fourth-order valence-corrected chi connectivity index (χ4v) is 10.3. The van der Waals surface area contributed by atoms with Gasteiger partial charge in [-0.25, -0.2) is 9.59 Å². The van der Waals surface area contributed by atoms with Gasteiger partial charge in [-0.1, -0.05) is 174 Å². The molecule has 3 heterocycles. The Hall–Kier alpha value is -5.33. The van der Waals surface area contributed by atoms with Gasteiger partial charge in [-0.3, -0.25) is 0 Å². The predicted molar refractivity (Wildman–Crippen MR) is 308 cm³/mol. The number of aromatic nitrogens is 3. The van der Waals surface area contributed by atoms with Crippen molar-refractivity contribution in [2.45, 2.75) is 69.8 Å². The molecule has 2 fully saturated rings. The second-order valence-electron chi connectivity index (χ2n) is 17.1. The van der Waals surface area contributed by atoms with E-state index in [2.05, 4.69) is 195 Å². The zero-order valence-corrected chi connectivity index (χ0v) is 51.5. The number of alkyl halides is 1. The van der Waals surface area contributed by atoms with E-state index < -0.39 is 0 Å². The second-order valence-corrected chi connectivity index (χ2v) is 20.0. The molecule has 3 atom stereocenters. The first-order chi connectivity index (χ1) is 35.9. The number of aromatic amines is 1. The molecule has 0 spiro atoms. The van der Waals surface area contributed by atoms with Crippen LogP contribution < -0.4 is 0 Å². The maximum atomic E-state index is 12.2. The fourth-order valence-electron chi connectivity index (χ4n) is 8.52. The molecule has 0 aliphatic heterocycles. The molecule has 3 aromatic heterocycles. The first kappa shape index (κ1) is 59.5. The topological polar surface area (TPSA) is 112 Å². The zero-order valence-electron chi connectivity index (χ0n) is 42.2. The molecule has 6 aromatic carbocycles. The van der Waals surface area contributed by atoms with Gasteiger partial charge in [0.1, 0.15) is 4.60 Å². The van der Waals surface area contributed by atoms with E-state index in [1.165, 1.54) is 83.0 Å². The molecule has 2 aliphatic carbocycles. The third-order valence-electron chi connectivity index (χ3n) is 12.3. The number of carbonyl (C=O) groups is 2. The van der Waals surface area contributed by atoms with Crippen molar-refractivity contribution < 1.29 is 45.0 Å². The molecule has 9 aromatic rings. The quantitative estimate of drug-likeness (QED) is 0.0702. The first-order valence-electron chi connectivity index (χ1n) is 23.9. The summed E-state index contributed by atoms with van der Waals surface area (Å²) in [6.07, 6.45) is 8.44. The summed E-state index contributed by atoms with van der Waals surface area (Å²) in [5, 5.41) is 3.18. The van der Waals surface area contributed by atoms with Crippen LogP contribution in [0.5, 0.6) is 0 Å². The molecule has 1 N–H and O–H groups in total. The van der Waals surface area contributed by atoms with Crippen molar-refractivity contribution in [3.8, 4) is 0 Å². The average Bonchev–Trinajstić information content (AvgIpc) is 4.40. The van der Waals surface area contributed by atoms with Crippen LogP contribution in [0.25, 0.3) is 32.7 Å². The van der Waals surface area contributed by atoms with Crippen LogP contribution in [0.3, 0.4) is 0 Å². The number of hydrogen-bond donors (Lipinski definition) is 1. The third-order valence-corrected chi connectivity index (χ3v) is 14.2. The van der Waals surface area contributed by atoms with Crippen LogP contribution >= 0.6 is 61.4 Å². The summed E-state index contributed by atoms with van der Waals surface area (Å²) in [5.74, 6) is 0.0972. The van der Waals surface area contributed by atoms with Crippen LogP contribution in [0, 0.1) is 19.8 Å². The first-order valence-corrected chi connectivity index (χ1v) is 33.3. The Kier molecular flexibility index (Phi) is 24.4. The standard InChI is InChI=1S/C20H21N.C18H16BrNO2.C10H8BrNO2.C8H9Br.C3H4.CO2.BrH.Zn/c1-14-18-10-6-7-11-19(18)21(20(14)17-12-13-17)15(2)16-8-4-3-5-9-16;1-12(13-8-4-3-5-9-13)20-15-11-7-6-10-14(15)16(17(20)19)18(21)22-2;1-14-10(13)8-6-4-2-3-5-7(6)12-9(8)11;1-7(9)8-5-3-2-4-6-8;1-2-3-1;2-1-3;;/h3-11,15,17H,12-13H2,1-2H3;3-12H,1-2H3;2-5,12H,1H3;2-7H,1H3;1-2H,3H2;;1H;/q;;;;;;;+2/p-1. The molecule has 74 heavy (non-hydrogen) atoms. The molecule has 0 amide bonds. The Labute approximate surface area is 476 Å². The maximum absolute atomic E-state index is 12.2. The molecule has 378 valence electrons. The van der Waals surface area contributed by atoms with Crippen LogP contribution in [-0.4, -0.2) is 46.4 Å². The Morgan fingerprint density at radius 3 is 1.47 bits per heavy atom. The van der Waals surface area contributed by atoms with Gasteiger partial charge in [0.15, 0.2) is 0 Å². The van der Waals surface area contributed by atoms with Gasteiger partial charge in [-0.15, -0.1) is 0 Å². The molecule has 3 unspecified atom stereocenters. The van der Waals surface area contributed by atoms with Crippen molar-refractivity contribution in [3.63, 3.8) is 0 Å². The molecular weight excluding hydrogens is 1240 g/mol. The second kappa shape index (κ2) is 30.3. The van der Waals surface area contributed by atoms with Gasteiger partial charge < -0.3 is 23.6 Å². The minimum atomic E-state index is -0.339. The van der Waals surface area contributed by atoms with E-state index in [0.717, 1.165) is 32.3 Å². The number of ether oxygens (including phenoxy) is 2. The summed E-state index contributed by atoms with van der Waals surface area (Å²) in [7, 11) is 2.78. The Bertz CT molecular complexity index is 3220. The van der Waals surface area contributed by atoms with E-state index >= 15 is 0 Å². The summed E-state index contributed by atoms with van der Waals surface area (Å²) in [4.78, 5) is 43.4. The van der Waals surface area contributed by atoms with E-state index in [0.29, 0.717) is 26.6 Å². The molecule has 14 heteroatoms. The number of methoxy groups -OCH3 is 2. The van der Waals surface area contributed by atoms with Crippen molar-refractivity contribution in [2.75, 3.05) is 14.2 Å². The van der Waals surface area contributed by atoms with Gasteiger partial charge in [0.05, 0.1) is 47.6 Å². The van der Waals surface area contributed by atoms with Gasteiger partial charge in [0.25, 0.3) is 0 Å². The summed E-state index contributed by atoms with van der Waals surface area (Å²) in [6.45, 7) is 8.86. The molecule has 9 nitrogen and oxygen atoms in total. The van der Waals surface area contributed by atoms with Crippen LogP contribution in [0.4, 0.5) is 0 Å². The minimum absolute atomic E-state index is 0.0962. The number of H-pyrrole nitrogens is 1. The normalized spacial score (nSPS) is 12.9.